The first-order valence-electron chi connectivity index (χ1n) is 11.7. The molecule has 1 atom stereocenters. The zero-order valence-electron chi connectivity index (χ0n) is 22.1. The van der Waals surface area contributed by atoms with Crippen molar-refractivity contribution in [3.8, 4) is 0 Å². The van der Waals surface area contributed by atoms with Gasteiger partial charge in [-0.05, 0) is 12.8 Å². The molecular formula is C22H44F6O6Si. The fraction of sp³-hybridized carbons (Fsp3) is 1.00. The Morgan fingerprint density at radius 1 is 0.600 bits per heavy atom. The lowest BCUT2D eigenvalue weighted by molar-refractivity contribution is -0.381. The molecule has 0 fully saturated rings. The van der Waals surface area contributed by atoms with E-state index >= 15 is 0 Å². The van der Waals surface area contributed by atoms with Crippen LogP contribution in [-0.4, -0.2) is 69.8 Å². The van der Waals surface area contributed by atoms with Crippen molar-refractivity contribution in [2.75, 3.05) is 42.7 Å². The minimum atomic E-state index is -4.20. The summed E-state index contributed by atoms with van der Waals surface area (Å²) in [6, 6.07) is -0.250. The standard InChI is InChI=1S/C16H31F3O3.C6H13F3O3Si/c1-5-6-7-8-9-10-11-14(12-13-15(17,18)19)16(20-2,21-3)22-4;1-10-13(11-2,12-3)5-4-6(7,8)9/h14H,5-13H2,1-4H3;4-5H2,1-3H3. The smallest absolute Gasteiger partial charge is 0.377 e. The Bertz CT molecular complexity index is 483. The van der Waals surface area contributed by atoms with Gasteiger partial charge < -0.3 is 27.5 Å². The Labute approximate surface area is 207 Å². The van der Waals surface area contributed by atoms with Crippen LogP contribution in [0.25, 0.3) is 0 Å². The quantitative estimate of drug-likeness (QED) is 0.0791. The summed E-state index contributed by atoms with van der Waals surface area (Å²) in [7, 11) is 5.01. The predicted molar refractivity (Wildman–Crippen MR) is 123 cm³/mol. The molecule has 0 aromatic heterocycles. The van der Waals surface area contributed by atoms with E-state index in [1.54, 1.807) is 0 Å². The van der Waals surface area contributed by atoms with Gasteiger partial charge in [-0.2, -0.15) is 26.3 Å². The van der Waals surface area contributed by atoms with E-state index in [0.29, 0.717) is 6.42 Å². The molecule has 0 radical (unpaired) electrons. The maximum absolute atomic E-state index is 12.5. The normalized spacial score (nSPS) is 14.0. The fourth-order valence-corrected chi connectivity index (χ4v) is 5.31. The highest BCUT2D eigenvalue weighted by Gasteiger charge is 2.43. The lowest BCUT2D eigenvalue weighted by atomic mass is 9.93. The molecule has 0 aromatic rings. The van der Waals surface area contributed by atoms with E-state index in [0.717, 1.165) is 19.3 Å². The van der Waals surface area contributed by atoms with E-state index in [-0.39, 0.29) is 12.5 Å². The average Bonchev–Trinajstić information content (AvgIpc) is 2.81. The van der Waals surface area contributed by atoms with Crippen LogP contribution in [0.5, 0.6) is 0 Å². The summed E-state index contributed by atoms with van der Waals surface area (Å²) in [6.45, 7) is 2.15. The molecule has 0 rings (SSSR count). The number of hydrogen-bond acceptors (Lipinski definition) is 6. The summed E-state index contributed by atoms with van der Waals surface area (Å²) in [5, 5.41) is 0. The number of ether oxygens (including phenoxy) is 3. The van der Waals surface area contributed by atoms with Gasteiger partial charge in [0, 0.05) is 67.5 Å². The van der Waals surface area contributed by atoms with Crippen LogP contribution in [0.4, 0.5) is 26.3 Å². The van der Waals surface area contributed by atoms with Crippen LogP contribution >= 0.6 is 0 Å². The molecule has 0 spiro atoms. The molecule has 0 aliphatic carbocycles. The van der Waals surface area contributed by atoms with Crippen LogP contribution < -0.4 is 0 Å². The summed E-state index contributed by atoms with van der Waals surface area (Å²) in [4.78, 5) is 0. The summed E-state index contributed by atoms with van der Waals surface area (Å²) < 4.78 is 103. The van der Waals surface area contributed by atoms with Crippen molar-refractivity contribution in [1.29, 1.82) is 0 Å². The molecule has 0 bridgehead atoms. The van der Waals surface area contributed by atoms with Crippen LogP contribution in [0.1, 0.15) is 71.1 Å². The average molecular weight is 547 g/mol. The van der Waals surface area contributed by atoms with Crippen molar-refractivity contribution >= 4 is 8.80 Å². The molecule has 0 aliphatic rings. The number of unbranched alkanes of at least 4 members (excludes halogenated alkanes) is 5. The van der Waals surface area contributed by atoms with E-state index in [1.165, 1.54) is 61.9 Å². The minimum Gasteiger partial charge on any atom is -0.377 e. The number of alkyl halides is 6. The topological polar surface area (TPSA) is 55.4 Å². The Balaban J connectivity index is 0. The maximum atomic E-state index is 12.5. The second-order valence-electron chi connectivity index (χ2n) is 8.03. The van der Waals surface area contributed by atoms with Crippen molar-refractivity contribution in [2.45, 2.75) is 95.5 Å². The summed E-state index contributed by atoms with van der Waals surface area (Å²) in [5.41, 5.74) is 0. The summed E-state index contributed by atoms with van der Waals surface area (Å²) in [5.74, 6) is -1.84. The van der Waals surface area contributed by atoms with Gasteiger partial charge >= 0.3 is 21.2 Å². The van der Waals surface area contributed by atoms with Gasteiger partial charge in [-0.15, -0.1) is 0 Å². The Hall–Kier alpha value is -0.443. The molecule has 0 aliphatic heterocycles. The Kier molecular flexibility index (Phi) is 19.7. The minimum absolute atomic E-state index is 0.0615. The molecule has 0 heterocycles. The summed E-state index contributed by atoms with van der Waals surface area (Å²) in [6.07, 6.45) is -3.13. The molecule has 1 unspecified atom stereocenters. The van der Waals surface area contributed by atoms with Gasteiger partial charge in [-0.1, -0.05) is 45.4 Å². The lowest BCUT2D eigenvalue weighted by Gasteiger charge is -2.36. The van der Waals surface area contributed by atoms with Gasteiger partial charge in [-0.3, -0.25) is 0 Å². The monoisotopic (exact) mass is 546 g/mol. The van der Waals surface area contributed by atoms with Crippen molar-refractivity contribution in [3.05, 3.63) is 0 Å². The van der Waals surface area contributed by atoms with E-state index in [9.17, 15) is 26.3 Å². The predicted octanol–water partition coefficient (Wildman–Crippen LogP) is 7.11. The highest BCUT2D eigenvalue weighted by molar-refractivity contribution is 6.60. The van der Waals surface area contributed by atoms with Gasteiger partial charge in [0.2, 0.25) is 0 Å². The zero-order valence-corrected chi connectivity index (χ0v) is 23.1. The molecule has 0 saturated heterocycles. The zero-order chi connectivity index (χ0) is 27.6. The lowest BCUT2D eigenvalue weighted by Crippen LogP contribution is -2.44. The number of halogens is 6. The van der Waals surface area contributed by atoms with Crippen LogP contribution in [0.3, 0.4) is 0 Å². The Morgan fingerprint density at radius 3 is 1.40 bits per heavy atom. The highest BCUT2D eigenvalue weighted by Crippen LogP contribution is 2.35. The van der Waals surface area contributed by atoms with Gasteiger partial charge in [0.25, 0.3) is 5.97 Å². The van der Waals surface area contributed by atoms with Crippen molar-refractivity contribution in [3.63, 3.8) is 0 Å². The molecular weight excluding hydrogens is 502 g/mol. The molecule has 0 amide bonds. The SMILES string of the molecule is CCCCCCCCC(CCC(F)(F)F)C(OC)(OC)OC.CO[Si](CCC(F)(F)F)(OC)OC. The van der Waals surface area contributed by atoms with Gasteiger partial charge in [0.05, 0.1) is 0 Å². The van der Waals surface area contributed by atoms with E-state index in [1.807, 2.05) is 0 Å². The number of rotatable bonds is 18. The van der Waals surface area contributed by atoms with Crippen molar-refractivity contribution < 1.29 is 53.8 Å². The molecule has 214 valence electrons. The maximum Gasteiger partial charge on any atom is 0.500 e. The van der Waals surface area contributed by atoms with Gasteiger partial charge in [-0.25, -0.2) is 0 Å². The largest absolute Gasteiger partial charge is 0.500 e. The van der Waals surface area contributed by atoms with Crippen molar-refractivity contribution in [2.24, 2.45) is 5.92 Å². The van der Waals surface area contributed by atoms with Gasteiger partial charge in [0.15, 0.2) is 0 Å². The molecule has 0 aromatic carbocycles. The molecule has 0 N–H and O–H groups in total. The summed E-state index contributed by atoms with van der Waals surface area (Å²) >= 11 is 0. The first-order valence-corrected chi connectivity index (χ1v) is 13.6. The van der Waals surface area contributed by atoms with Crippen LogP contribution in [0, 0.1) is 5.92 Å². The van der Waals surface area contributed by atoms with E-state index < -0.39 is 45.9 Å². The van der Waals surface area contributed by atoms with Gasteiger partial charge in [0.1, 0.15) is 0 Å². The van der Waals surface area contributed by atoms with Crippen molar-refractivity contribution in [1.82, 2.24) is 0 Å². The third kappa shape index (κ3) is 16.8. The first-order chi connectivity index (χ1) is 16.2. The third-order valence-electron chi connectivity index (χ3n) is 5.68. The molecule has 35 heavy (non-hydrogen) atoms. The second kappa shape index (κ2) is 18.7. The van der Waals surface area contributed by atoms with E-state index in [2.05, 4.69) is 6.92 Å². The van der Waals surface area contributed by atoms with Crippen LogP contribution in [-0.2, 0) is 27.5 Å². The van der Waals surface area contributed by atoms with E-state index in [4.69, 9.17) is 27.5 Å². The second-order valence-corrected chi connectivity index (χ2v) is 11.1. The highest BCUT2D eigenvalue weighted by atomic mass is 28.4. The fourth-order valence-electron chi connectivity index (χ4n) is 3.61. The third-order valence-corrected chi connectivity index (χ3v) is 8.41. The molecule has 13 heteroatoms. The van der Waals surface area contributed by atoms with Crippen LogP contribution in [0.2, 0.25) is 6.04 Å². The first kappa shape index (κ1) is 36.7. The van der Waals surface area contributed by atoms with Crippen LogP contribution in [0.15, 0.2) is 0 Å². The number of hydrogen-bond donors (Lipinski definition) is 0. The Morgan fingerprint density at radius 2 is 1.03 bits per heavy atom. The molecule has 0 saturated carbocycles. The molecule has 6 nitrogen and oxygen atoms in total. The number of methoxy groups -OCH3 is 3.